The Morgan fingerprint density at radius 3 is 2.44 bits per heavy atom. The highest BCUT2D eigenvalue weighted by atomic mass is 14.9. The summed E-state index contributed by atoms with van der Waals surface area (Å²) in [6.07, 6.45) is 0. The third-order valence-corrected chi connectivity index (χ3v) is 3.59. The van der Waals surface area contributed by atoms with Crippen molar-refractivity contribution in [1.82, 2.24) is 0 Å². The second-order valence-electron chi connectivity index (χ2n) is 5.57. The van der Waals surface area contributed by atoms with Crippen LogP contribution in [0.3, 0.4) is 0 Å². The van der Waals surface area contributed by atoms with Crippen molar-refractivity contribution in [2.24, 2.45) is 11.3 Å². The van der Waals surface area contributed by atoms with Gasteiger partial charge >= 0.3 is 0 Å². The van der Waals surface area contributed by atoms with E-state index in [0.717, 1.165) is 23.5 Å². The maximum absolute atomic E-state index is 5.88. The Kier molecular flexibility index (Phi) is 3.84. The molecule has 0 amide bonds. The van der Waals surface area contributed by atoms with Crippen molar-refractivity contribution < 1.29 is 0 Å². The summed E-state index contributed by atoms with van der Waals surface area (Å²) >= 11 is 0. The largest absolute Gasteiger partial charge is 0.398 e. The SMILES string of the molecule is Cc1ccc(NCC(C)(C)C(C)C)cc1N. The van der Waals surface area contributed by atoms with Gasteiger partial charge in [-0.3, -0.25) is 0 Å². The fourth-order valence-corrected chi connectivity index (χ4v) is 1.28. The molecule has 2 heteroatoms. The fraction of sp³-hybridized carbons (Fsp3) is 0.571. The minimum Gasteiger partial charge on any atom is -0.398 e. The molecule has 0 aliphatic heterocycles. The molecule has 1 rings (SSSR count). The van der Waals surface area contributed by atoms with Crippen LogP contribution in [0.25, 0.3) is 0 Å². The third-order valence-electron chi connectivity index (χ3n) is 3.59. The Bertz CT molecular complexity index is 354. The van der Waals surface area contributed by atoms with Gasteiger partial charge in [0.1, 0.15) is 0 Å². The molecule has 0 atom stereocenters. The van der Waals surface area contributed by atoms with E-state index in [1.54, 1.807) is 0 Å². The van der Waals surface area contributed by atoms with Gasteiger partial charge < -0.3 is 11.1 Å². The highest BCUT2D eigenvalue weighted by molar-refractivity contribution is 5.58. The monoisotopic (exact) mass is 220 g/mol. The first-order chi connectivity index (χ1) is 7.33. The Morgan fingerprint density at radius 2 is 1.94 bits per heavy atom. The van der Waals surface area contributed by atoms with Gasteiger partial charge in [0.15, 0.2) is 0 Å². The van der Waals surface area contributed by atoms with Crippen LogP contribution in [-0.2, 0) is 0 Å². The summed E-state index contributed by atoms with van der Waals surface area (Å²) in [7, 11) is 0. The summed E-state index contributed by atoms with van der Waals surface area (Å²) in [5, 5.41) is 3.45. The van der Waals surface area contributed by atoms with Crippen molar-refractivity contribution in [3.8, 4) is 0 Å². The van der Waals surface area contributed by atoms with Crippen LogP contribution in [0.2, 0.25) is 0 Å². The first kappa shape index (κ1) is 12.9. The molecule has 0 saturated heterocycles. The quantitative estimate of drug-likeness (QED) is 0.760. The van der Waals surface area contributed by atoms with Crippen molar-refractivity contribution in [3.63, 3.8) is 0 Å². The highest BCUT2D eigenvalue weighted by Gasteiger charge is 2.21. The lowest BCUT2D eigenvalue weighted by molar-refractivity contribution is 0.269. The van der Waals surface area contributed by atoms with Gasteiger partial charge in [0.05, 0.1) is 0 Å². The Balaban J connectivity index is 2.65. The summed E-state index contributed by atoms with van der Waals surface area (Å²) < 4.78 is 0. The van der Waals surface area contributed by atoms with Crippen LogP contribution < -0.4 is 11.1 Å². The van der Waals surface area contributed by atoms with Crippen molar-refractivity contribution in [2.45, 2.75) is 34.6 Å². The predicted octanol–water partition coefficient (Wildman–Crippen LogP) is 3.67. The first-order valence-corrected chi connectivity index (χ1v) is 5.93. The van der Waals surface area contributed by atoms with Crippen LogP contribution in [0.1, 0.15) is 33.3 Å². The second-order valence-corrected chi connectivity index (χ2v) is 5.57. The lowest BCUT2D eigenvalue weighted by Gasteiger charge is -2.30. The lowest BCUT2D eigenvalue weighted by atomic mass is 9.81. The zero-order valence-corrected chi connectivity index (χ0v) is 11.1. The van der Waals surface area contributed by atoms with Gasteiger partial charge in [-0.15, -0.1) is 0 Å². The molecule has 3 N–H and O–H groups in total. The Hall–Kier alpha value is -1.18. The van der Waals surface area contributed by atoms with Gasteiger partial charge in [0.2, 0.25) is 0 Å². The lowest BCUT2D eigenvalue weighted by Crippen LogP contribution is -2.28. The first-order valence-electron chi connectivity index (χ1n) is 5.93. The number of rotatable bonds is 4. The summed E-state index contributed by atoms with van der Waals surface area (Å²) in [6.45, 7) is 12.1. The van der Waals surface area contributed by atoms with Crippen LogP contribution >= 0.6 is 0 Å². The number of anilines is 2. The molecular weight excluding hydrogens is 196 g/mol. The topological polar surface area (TPSA) is 38.0 Å². The van der Waals surface area contributed by atoms with Crippen LogP contribution in [0.5, 0.6) is 0 Å². The molecule has 0 fully saturated rings. The average Bonchev–Trinajstić information content (AvgIpc) is 2.20. The molecule has 90 valence electrons. The average molecular weight is 220 g/mol. The third kappa shape index (κ3) is 3.16. The van der Waals surface area contributed by atoms with E-state index < -0.39 is 0 Å². The summed E-state index contributed by atoms with van der Waals surface area (Å²) in [5.74, 6) is 0.655. The van der Waals surface area contributed by atoms with E-state index in [4.69, 9.17) is 5.73 Å². The van der Waals surface area contributed by atoms with Gasteiger partial charge in [-0.2, -0.15) is 0 Å². The Labute approximate surface area is 99.2 Å². The van der Waals surface area contributed by atoms with E-state index in [-0.39, 0.29) is 0 Å². The minimum absolute atomic E-state index is 0.291. The van der Waals surface area contributed by atoms with E-state index in [0.29, 0.717) is 11.3 Å². The van der Waals surface area contributed by atoms with Crippen molar-refractivity contribution in [3.05, 3.63) is 23.8 Å². The number of hydrogen-bond donors (Lipinski definition) is 2. The molecule has 0 bridgehead atoms. The minimum atomic E-state index is 0.291. The van der Waals surface area contributed by atoms with Gasteiger partial charge in [0, 0.05) is 17.9 Å². The fourth-order valence-electron chi connectivity index (χ4n) is 1.28. The van der Waals surface area contributed by atoms with Crippen LogP contribution in [-0.4, -0.2) is 6.54 Å². The van der Waals surface area contributed by atoms with Gasteiger partial charge in [0.25, 0.3) is 0 Å². The number of nitrogen functional groups attached to an aromatic ring is 1. The Morgan fingerprint density at radius 1 is 1.31 bits per heavy atom. The van der Waals surface area contributed by atoms with Gasteiger partial charge in [-0.05, 0) is 36.0 Å². The summed E-state index contributed by atoms with van der Waals surface area (Å²) in [6, 6.07) is 6.15. The molecule has 2 nitrogen and oxygen atoms in total. The van der Waals surface area contributed by atoms with E-state index in [1.807, 2.05) is 13.0 Å². The molecular formula is C14H24N2. The molecule has 0 aromatic heterocycles. The number of hydrogen-bond acceptors (Lipinski definition) is 2. The van der Waals surface area contributed by atoms with E-state index in [2.05, 4.69) is 45.1 Å². The molecule has 0 heterocycles. The van der Waals surface area contributed by atoms with Gasteiger partial charge in [-0.1, -0.05) is 33.8 Å². The number of nitrogens with two attached hydrogens (primary N) is 1. The normalized spacial score (nSPS) is 11.9. The number of benzene rings is 1. The maximum atomic E-state index is 5.88. The highest BCUT2D eigenvalue weighted by Crippen LogP contribution is 2.27. The zero-order valence-electron chi connectivity index (χ0n) is 11.1. The van der Waals surface area contributed by atoms with Crippen LogP contribution in [0.15, 0.2) is 18.2 Å². The molecule has 0 saturated carbocycles. The second kappa shape index (κ2) is 4.77. The molecule has 0 unspecified atom stereocenters. The van der Waals surface area contributed by atoms with Crippen LogP contribution in [0.4, 0.5) is 11.4 Å². The molecule has 0 spiro atoms. The van der Waals surface area contributed by atoms with E-state index in [9.17, 15) is 0 Å². The van der Waals surface area contributed by atoms with Crippen molar-refractivity contribution in [1.29, 1.82) is 0 Å². The molecule has 0 radical (unpaired) electrons. The summed E-state index contributed by atoms with van der Waals surface area (Å²) in [5.41, 5.74) is 9.27. The maximum Gasteiger partial charge on any atom is 0.0364 e. The summed E-state index contributed by atoms with van der Waals surface area (Å²) in [4.78, 5) is 0. The standard InChI is InChI=1S/C14H24N2/c1-10(2)14(4,5)9-16-12-7-6-11(3)13(15)8-12/h6-8,10,16H,9,15H2,1-5H3. The van der Waals surface area contributed by atoms with Crippen LogP contribution in [0, 0.1) is 18.3 Å². The number of nitrogens with one attached hydrogen (secondary N) is 1. The predicted molar refractivity (Wildman–Crippen MR) is 72.7 cm³/mol. The number of aryl methyl sites for hydroxylation is 1. The van der Waals surface area contributed by atoms with Crippen molar-refractivity contribution >= 4 is 11.4 Å². The molecule has 0 aliphatic rings. The molecule has 16 heavy (non-hydrogen) atoms. The molecule has 1 aromatic carbocycles. The smallest absolute Gasteiger partial charge is 0.0364 e. The zero-order chi connectivity index (χ0) is 12.3. The molecule has 1 aromatic rings. The van der Waals surface area contributed by atoms with Crippen molar-refractivity contribution in [2.75, 3.05) is 17.6 Å². The van der Waals surface area contributed by atoms with Gasteiger partial charge in [-0.25, -0.2) is 0 Å². The van der Waals surface area contributed by atoms with E-state index >= 15 is 0 Å². The van der Waals surface area contributed by atoms with E-state index in [1.165, 1.54) is 0 Å². The molecule has 0 aliphatic carbocycles.